The number of nitrogens with two attached hydrogens (primary N) is 1. The van der Waals surface area contributed by atoms with Gasteiger partial charge in [0.15, 0.2) is 0 Å². The Morgan fingerprint density at radius 1 is 1.25 bits per heavy atom. The van der Waals surface area contributed by atoms with Crippen LogP contribution < -0.4 is 15.8 Å². The predicted octanol–water partition coefficient (Wildman–Crippen LogP) is 4.14. The highest BCUT2D eigenvalue weighted by Gasteiger charge is 2.08. The van der Waals surface area contributed by atoms with Crippen molar-refractivity contribution in [2.45, 2.75) is 6.92 Å². The Bertz CT molecular complexity index is 658. The van der Waals surface area contributed by atoms with Gasteiger partial charge < -0.3 is 15.8 Å². The fourth-order valence-electron chi connectivity index (χ4n) is 1.79. The molecule has 0 bridgehead atoms. The Hall–Kier alpha value is -1.59. The van der Waals surface area contributed by atoms with Crippen LogP contribution in [-0.2, 0) is 0 Å². The van der Waals surface area contributed by atoms with Gasteiger partial charge in [-0.2, -0.15) is 0 Å². The second kappa shape index (κ2) is 6.24. The van der Waals surface area contributed by atoms with Gasteiger partial charge in [-0.05, 0) is 36.8 Å². The van der Waals surface area contributed by atoms with E-state index in [9.17, 15) is 0 Å². The first-order valence-corrected chi connectivity index (χ1v) is 7.22. The SMILES string of the molecule is COc1ccc(C(N)=S)c(Nc2ccc(C)c(Br)c2)c1. The molecule has 5 heteroatoms. The van der Waals surface area contributed by atoms with Gasteiger partial charge in [-0.3, -0.25) is 0 Å². The van der Waals surface area contributed by atoms with Gasteiger partial charge >= 0.3 is 0 Å². The summed E-state index contributed by atoms with van der Waals surface area (Å²) in [5, 5.41) is 3.32. The average Bonchev–Trinajstić information content (AvgIpc) is 2.42. The molecule has 0 saturated heterocycles. The van der Waals surface area contributed by atoms with Crippen LogP contribution in [0.2, 0.25) is 0 Å². The number of rotatable bonds is 4. The van der Waals surface area contributed by atoms with Crippen molar-refractivity contribution in [2.24, 2.45) is 5.73 Å². The summed E-state index contributed by atoms with van der Waals surface area (Å²) in [7, 11) is 1.63. The van der Waals surface area contributed by atoms with Crippen molar-refractivity contribution in [3.8, 4) is 5.75 Å². The molecule has 0 aliphatic carbocycles. The zero-order valence-corrected chi connectivity index (χ0v) is 13.6. The van der Waals surface area contributed by atoms with Crippen LogP contribution in [0.3, 0.4) is 0 Å². The molecule has 0 unspecified atom stereocenters. The zero-order chi connectivity index (χ0) is 14.7. The molecule has 2 rings (SSSR count). The third-order valence-electron chi connectivity index (χ3n) is 2.94. The van der Waals surface area contributed by atoms with Crippen molar-refractivity contribution in [3.63, 3.8) is 0 Å². The number of methoxy groups -OCH3 is 1. The van der Waals surface area contributed by atoms with Crippen LogP contribution in [0, 0.1) is 6.92 Å². The van der Waals surface area contributed by atoms with Crippen LogP contribution in [0.15, 0.2) is 40.9 Å². The number of benzene rings is 2. The van der Waals surface area contributed by atoms with Gasteiger partial charge in [0.2, 0.25) is 0 Å². The van der Waals surface area contributed by atoms with E-state index in [1.807, 2.05) is 43.3 Å². The van der Waals surface area contributed by atoms with Crippen molar-refractivity contribution in [1.29, 1.82) is 0 Å². The highest BCUT2D eigenvalue weighted by molar-refractivity contribution is 9.10. The molecule has 3 nitrogen and oxygen atoms in total. The second-order valence-corrected chi connectivity index (χ2v) is 5.66. The lowest BCUT2D eigenvalue weighted by atomic mass is 10.1. The number of thiocarbonyl (C=S) groups is 1. The number of hydrogen-bond acceptors (Lipinski definition) is 3. The average molecular weight is 351 g/mol. The summed E-state index contributed by atoms with van der Waals surface area (Å²) in [5.41, 5.74) is 9.50. The summed E-state index contributed by atoms with van der Waals surface area (Å²) in [4.78, 5) is 0.348. The van der Waals surface area contributed by atoms with Crippen molar-refractivity contribution < 1.29 is 4.74 Å². The van der Waals surface area contributed by atoms with Crippen molar-refractivity contribution in [3.05, 3.63) is 52.0 Å². The van der Waals surface area contributed by atoms with Gasteiger partial charge in [0.25, 0.3) is 0 Å². The second-order valence-electron chi connectivity index (χ2n) is 4.36. The third-order valence-corrected chi connectivity index (χ3v) is 4.02. The van der Waals surface area contributed by atoms with E-state index in [0.717, 1.165) is 27.2 Å². The molecule has 2 aromatic rings. The van der Waals surface area contributed by atoms with Crippen molar-refractivity contribution in [1.82, 2.24) is 0 Å². The van der Waals surface area contributed by atoms with E-state index in [0.29, 0.717) is 4.99 Å². The topological polar surface area (TPSA) is 47.3 Å². The molecule has 0 aliphatic rings. The molecule has 104 valence electrons. The number of anilines is 2. The molecule has 0 aromatic heterocycles. The summed E-state index contributed by atoms with van der Waals surface area (Å²) in [6.07, 6.45) is 0. The summed E-state index contributed by atoms with van der Waals surface area (Å²) in [5.74, 6) is 0.749. The highest BCUT2D eigenvalue weighted by atomic mass is 79.9. The molecule has 0 spiro atoms. The monoisotopic (exact) mass is 350 g/mol. The third kappa shape index (κ3) is 3.29. The summed E-state index contributed by atoms with van der Waals surface area (Å²) in [6, 6.07) is 11.6. The number of nitrogens with one attached hydrogen (secondary N) is 1. The lowest BCUT2D eigenvalue weighted by Gasteiger charge is -2.13. The van der Waals surface area contributed by atoms with E-state index in [1.54, 1.807) is 7.11 Å². The summed E-state index contributed by atoms with van der Waals surface area (Å²) in [6.45, 7) is 2.04. The van der Waals surface area contributed by atoms with E-state index >= 15 is 0 Å². The van der Waals surface area contributed by atoms with Gasteiger partial charge in [-0.25, -0.2) is 0 Å². The molecule has 0 aliphatic heterocycles. The Balaban J connectivity index is 2.40. The van der Waals surface area contributed by atoms with Crippen molar-refractivity contribution in [2.75, 3.05) is 12.4 Å². The lowest BCUT2D eigenvalue weighted by Crippen LogP contribution is -2.12. The smallest absolute Gasteiger partial charge is 0.120 e. The standard InChI is InChI=1S/C15H15BrN2OS/c1-9-3-4-10(7-13(9)16)18-14-8-11(19-2)5-6-12(14)15(17)20/h3-8,18H,1-2H3,(H2,17,20). The van der Waals surface area contributed by atoms with Crippen LogP contribution in [0.5, 0.6) is 5.75 Å². The van der Waals surface area contributed by atoms with E-state index in [2.05, 4.69) is 21.2 Å². The quantitative estimate of drug-likeness (QED) is 0.813. The van der Waals surface area contributed by atoms with Gasteiger partial charge in [0.1, 0.15) is 10.7 Å². The molecule has 0 fully saturated rings. The first kappa shape index (κ1) is 14.8. The minimum absolute atomic E-state index is 0.348. The molecule has 0 saturated carbocycles. The molecule has 3 N–H and O–H groups in total. The number of ether oxygens (including phenoxy) is 1. The minimum Gasteiger partial charge on any atom is -0.497 e. The Labute approximate surface area is 132 Å². The van der Waals surface area contributed by atoms with Crippen LogP contribution >= 0.6 is 28.1 Å². The highest BCUT2D eigenvalue weighted by Crippen LogP contribution is 2.28. The Kier molecular flexibility index (Phi) is 4.62. The van der Waals surface area contributed by atoms with Crippen LogP contribution in [0.1, 0.15) is 11.1 Å². The summed E-state index contributed by atoms with van der Waals surface area (Å²) >= 11 is 8.60. The maximum Gasteiger partial charge on any atom is 0.120 e. The molecular weight excluding hydrogens is 336 g/mol. The maximum atomic E-state index is 5.76. The molecule has 0 radical (unpaired) electrons. The largest absolute Gasteiger partial charge is 0.497 e. The van der Waals surface area contributed by atoms with E-state index in [1.165, 1.54) is 5.56 Å². The van der Waals surface area contributed by atoms with E-state index < -0.39 is 0 Å². The lowest BCUT2D eigenvalue weighted by molar-refractivity contribution is 0.415. The Morgan fingerprint density at radius 3 is 2.60 bits per heavy atom. The molecule has 0 atom stereocenters. The van der Waals surface area contributed by atoms with Crippen LogP contribution in [-0.4, -0.2) is 12.1 Å². The molecule has 0 heterocycles. The first-order valence-electron chi connectivity index (χ1n) is 6.02. The van der Waals surface area contributed by atoms with Gasteiger partial charge in [0, 0.05) is 21.8 Å². The normalized spacial score (nSPS) is 10.2. The van der Waals surface area contributed by atoms with Gasteiger partial charge in [0.05, 0.1) is 12.8 Å². The first-order chi connectivity index (χ1) is 9.51. The van der Waals surface area contributed by atoms with E-state index in [-0.39, 0.29) is 0 Å². The molecule has 0 amide bonds. The zero-order valence-electron chi connectivity index (χ0n) is 11.2. The molecule has 20 heavy (non-hydrogen) atoms. The minimum atomic E-state index is 0.348. The Morgan fingerprint density at radius 2 is 2.00 bits per heavy atom. The number of halogens is 1. The van der Waals surface area contributed by atoms with E-state index in [4.69, 9.17) is 22.7 Å². The van der Waals surface area contributed by atoms with Crippen LogP contribution in [0.4, 0.5) is 11.4 Å². The molecule has 2 aromatic carbocycles. The fourth-order valence-corrected chi connectivity index (χ4v) is 2.35. The van der Waals surface area contributed by atoms with Crippen molar-refractivity contribution >= 4 is 44.5 Å². The van der Waals surface area contributed by atoms with Crippen LogP contribution in [0.25, 0.3) is 0 Å². The number of aryl methyl sites for hydroxylation is 1. The number of hydrogen-bond donors (Lipinski definition) is 2. The predicted molar refractivity (Wildman–Crippen MR) is 91.0 cm³/mol. The van der Waals surface area contributed by atoms with Gasteiger partial charge in [-0.1, -0.05) is 34.2 Å². The van der Waals surface area contributed by atoms with Gasteiger partial charge in [-0.15, -0.1) is 0 Å². The molecular formula is C15H15BrN2OS. The summed E-state index contributed by atoms with van der Waals surface area (Å²) < 4.78 is 6.28. The fraction of sp³-hybridized carbons (Fsp3) is 0.133. The maximum absolute atomic E-state index is 5.76.